The van der Waals surface area contributed by atoms with Crippen molar-refractivity contribution in [3.63, 3.8) is 0 Å². The maximum Gasteiger partial charge on any atom is 0.472 e. The average molecular weight is 1550 g/mol. The highest BCUT2D eigenvalue weighted by Crippen LogP contribution is 2.45. The van der Waals surface area contributed by atoms with Gasteiger partial charge in [0.2, 0.25) is 0 Å². The Labute approximate surface area is 651 Å². The Morgan fingerprint density at radius 2 is 0.481 bits per heavy atom. The normalized spacial score (nSPS) is 14.4. The number of hydrogen-bond acceptors (Lipinski definition) is 15. The number of esters is 4. The molecular weight excluding hydrogens is 1380 g/mol. The number of aliphatic hydroxyl groups excluding tert-OH is 1. The van der Waals surface area contributed by atoms with E-state index in [2.05, 4.69) is 48.5 Å². The van der Waals surface area contributed by atoms with E-state index in [1.165, 1.54) is 270 Å². The van der Waals surface area contributed by atoms with Gasteiger partial charge >= 0.3 is 39.5 Å². The molecule has 0 aliphatic carbocycles. The van der Waals surface area contributed by atoms with E-state index in [0.29, 0.717) is 25.7 Å². The molecule has 4 unspecified atom stereocenters. The molecule has 0 rings (SSSR count). The number of unbranched alkanes of at least 4 members (excludes halogenated alkanes) is 51. The maximum absolute atomic E-state index is 13.2. The number of ether oxygens (including phenoxy) is 4. The predicted octanol–water partition coefficient (Wildman–Crippen LogP) is 26.5. The number of phosphoric acid groups is 2. The molecule has 0 spiro atoms. The van der Waals surface area contributed by atoms with Crippen LogP contribution >= 0.6 is 15.6 Å². The quantitative estimate of drug-likeness (QED) is 0.0222. The molecule has 0 amide bonds. The molecule has 0 bridgehead atoms. The van der Waals surface area contributed by atoms with E-state index < -0.39 is 97.5 Å². The van der Waals surface area contributed by atoms with E-state index in [0.717, 1.165) is 108 Å². The van der Waals surface area contributed by atoms with Crippen molar-refractivity contribution >= 4 is 39.5 Å². The zero-order valence-corrected chi connectivity index (χ0v) is 71.7. The molecular formula is C87H170O17P2. The van der Waals surface area contributed by atoms with Crippen LogP contribution in [0.25, 0.3) is 0 Å². The summed E-state index contributed by atoms with van der Waals surface area (Å²) in [4.78, 5) is 73.2. The van der Waals surface area contributed by atoms with Crippen molar-refractivity contribution in [1.82, 2.24) is 0 Å². The van der Waals surface area contributed by atoms with Crippen molar-refractivity contribution in [3.8, 4) is 0 Å². The Hall–Kier alpha value is -1.94. The predicted molar refractivity (Wildman–Crippen MR) is 437 cm³/mol. The summed E-state index contributed by atoms with van der Waals surface area (Å²) >= 11 is 0. The molecule has 0 saturated carbocycles. The minimum absolute atomic E-state index is 0.107. The standard InChI is InChI=1S/C87H170O17P2/c1-8-11-12-13-14-15-40-47-54-61-68-84(89)97-74-82(103-87(92)71-64-57-50-43-36-30-24-25-31-37-44-51-58-65-78(4)5)76-101-105(93,94)99-72-81(88)73-100-106(95,96)102-77-83(75-98-85(90)69-62-55-48-41-34-28-23-22-27-33-39-46-53-60-67-80(7)10-3)104-86(91)70-63-56-49-42-35-29-21-19-17-16-18-20-26-32-38-45-52-59-66-79(6)9-2/h78-83,88H,8-77H2,1-7H3,(H,93,94)(H,95,96)/t79?,80?,81-,82+,83+/m0/s1. The van der Waals surface area contributed by atoms with Crippen LogP contribution in [0.5, 0.6) is 0 Å². The lowest BCUT2D eigenvalue weighted by Gasteiger charge is -2.21. The van der Waals surface area contributed by atoms with Gasteiger partial charge in [0.05, 0.1) is 26.4 Å². The molecule has 0 aliphatic heterocycles. The molecule has 630 valence electrons. The van der Waals surface area contributed by atoms with Crippen molar-refractivity contribution < 1.29 is 80.2 Å². The largest absolute Gasteiger partial charge is 0.472 e. The molecule has 0 fully saturated rings. The van der Waals surface area contributed by atoms with Crippen LogP contribution in [-0.4, -0.2) is 96.7 Å². The molecule has 7 atom stereocenters. The lowest BCUT2D eigenvalue weighted by atomic mass is 9.99. The zero-order chi connectivity index (χ0) is 77.9. The highest BCUT2D eigenvalue weighted by molar-refractivity contribution is 7.47. The minimum atomic E-state index is -4.97. The fourth-order valence-electron chi connectivity index (χ4n) is 13.5. The molecule has 106 heavy (non-hydrogen) atoms. The van der Waals surface area contributed by atoms with Gasteiger partial charge in [0, 0.05) is 25.7 Å². The maximum atomic E-state index is 13.2. The Morgan fingerprint density at radius 3 is 0.717 bits per heavy atom. The first-order valence-corrected chi connectivity index (χ1v) is 47.9. The van der Waals surface area contributed by atoms with Crippen LogP contribution in [0.2, 0.25) is 0 Å². The van der Waals surface area contributed by atoms with Gasteiger partial charge in [-0.05, 0) is 43.4 Å². The number of carbonyl (C=O) groups excluding carboxylic acids is 4. The van der Waals surface area contributed by atoms with Gasteiger partial charge in [0.1, 0.15) is 19.3 Å². The number of aliphatic hydroxyl groups is 1. The van der Waals surface area contributed by atoms with Crippen molar-refractivity contribution in [2.24, 2.45) is 17.8 Å². The Kier molecular flexibility index (Phi) is 75.6. The van der Waals surface area contributed by atoms with Crippen LogP contribution in [0, 0.1) is 17.8 Å². The molecule has 0 aromatic heterocycles. The van der Waals surface area contributed by atoms with E-state index in [-0.39, 0.29) is 25.7 Å². The highest BCUT2D eigenvalue weighted by atomic mass is 31.2. The van der Waals surface area contributed by atoms with E-state index >= 15 is 0 Å². The Balaban J connectivity index is 5.23. The van der Waals surface area contributed by atoms with Crippen LogP contribution in [0.4, 0.5) is 0 Å². The minimum Gasteiger partial charge on any atom is -0.462 e. The third-order valence-corrected chi connectivity index (χ3v) is 23.0. The van der Waals surface area contributed by atoms with Crippen LogP contribution in [0.3, 0.4) is 0 Å². The van der Waals surface area contributed by atoms with Crippen molar-refractivity contribution in [2.45, 2.75) is 478 Å². The number of carbonyl (C=O) groups is 4. The van der Waals surface area contributed by atoms with Crippen LogP contribution < -0.4 is 0 Å². The first-order valence-electron chi connectivity index (χ1n) is 44.9. The van der Waals surface area contributed by atoms with Crippen molar-refractivity contribution in [1.29, 1.82) is 0 Å². The summed E-state index contributed by atoms with van der Waals surface area (Å²) in [6.45, 7) is 12.1. The molecule has 0 aliphatic rings. The summed E-state index contributed by atoms with van der Waals surface area (Å²) in [6, 6.07) is 0. The van der Waals surface area contributed by atoms with E-state index in [1.807, 2.05) is 0 Å². The summed E-state index contributed by atoms with van der Waals surface area (Å²) in [5.74, 6) is 0.405. The third-order valence-electron chi connectivity index (χ3n) is 21.1. The van der Waals surface area contributed by atoms with Gasteiger partial charge in [-0.3, -0.25) is 37.3 Å². The summed E-state index contributed by atoms with van der Waals surface area (Å²) in [5.41, 5.74) is 0. The summed E-state index contributed by atoms with van der Waals surface area (Å²) in [7, 11) is -9.93. The van der Waals surface area contributed by atoms with Crippen LogP contribution in [0.15, 0.2) is 0 Å². The van der Waals surface area contributed by atoms with Gasteiger partial charge in [-0.1, -0.05) is 408 Å². The van der Waals surface area contributed by atoms with Gasteiger partial charge < -0.3 is 33.8 Å². The zero-order valence-electron chi connectivity index (χ0n) is 69.9. The molecule has 0 saturated heterocycles. The van der Waals surface area contributed by atoms with Crippen molar-refractivity contribution in [3.05, 3.63) is 0 Å². The molecule has 0 aromatic carbocycles. The molecule has 19 heteroatoms. The lowest BCUT2D eigenvalue weighted by Crippen LogP contribution is -2.30. The topological polar surface area (TPSA) is 237 Å². The van der Waals surface area contributed by atoms with Gasteiger partial charge in [-0.15, -0.1) is 0 Å². The fraction of sp³-hybridized carbons (Fsp3) is 0.954. The third kappa shape index (κ3) is 77.4. The van der Waals surface area contributed by atoms with Gasteiger partial charge in [0.15, 0.2) is 12.2 Å². The van der Waals surface area contributed by atoms with E-state index in [1.54, 1.807) is 0 Å². The van der Waals surface area contributed by atoms with Crippen LogP contribution in [0.1, 0.15) is 459 Å². The van der Waals surface area contributed by atoms with Gasteiger partial charge in [0.25, 0.3) is 0 Å². The van der Waals surface area contributed by atoms with E-state index in [4.69, 9.17) is 37.0 Å². The number of rotatable bonds is 85. The van der Waals surface area contributed by atoms with E-state index in [9.17, 15) is 43.2 Å². The molecule has 3 N–H and O–H groups in total. The fourth-order valence-corrected chi connectivity index (χ4v) is 15.1. The molecule has 0 aromatic rings. The Bertz CT molecular complexity index is 2050. The smallest absolute Gasteiger partial charge is 0.462 e. The first kappa shape index (κ1) is 104. The highest BCUT2D eigenvalue weighted by Gasteiger charge is 2.31. The van der Waals surface area contributed by atoms with Crippen molar-refractivity contribution in [2.75, 3.05) is 39.6 Å². The summed E-state index contributed by atoms with van der Waals surface area (Å²) < 4.78 is 68.9. The first-order chi connectivity index (χ1) is 51.3. The molecule has 0 heterocycles. The number of phosphoric ester groups is 2. The lowest BCUT2D eigenvalue weighted by molar-refractivity contribution is -0.161. The summed E-state index contributed by atoms with van der Waals surface area (Å²) in [6.07, 6.45) is 67.9. The second-order valence-corrected chi connectivity index (χ2v) is 35.1. The molecule has 0 radical (unpaired) electrons. The Morgan fingerprint density at radius 1 is 0.274 bits per heavy atom. The van der Waals surface area contributed by atoms with Crippen LogP contribution in [-0.2, 0) is 65.4 Å². The van der Waals surface area contributed by atoms with Gasteiger partial charge in [-0.25, -0.2) is 9.13 Å². The summed E-state index contributed by atoms with van der Waals surface area (Å²) in [5, 5.41) is 10.7. The SMILES string of the molecule is CCCCCCCCCCCCC(=O)OC[C@H](COP(=O)(O)OC[C@H](O)COP(=O)(O)OC[C@@H](COC(=O)CCCCCCCCCCCCCCCCC(C)CC)OC(=O)CCCCCCCCCCCCCCCCCCCCC(C)CC)OC(=O)CCCCCCCCCCCCCCCC(C)C. The second kappa shape index (κ2) is 77.0. The molecule has 17 nitrogen and oxygen atoms in total. The second-order valence-electron chi connectivity index (χ2n) is 32.2. The van der Waals surface area contributed by atoms with Gasteiger partial charge in [-0.2, -0.15) is 0 Å². The number of hydrogen-bond donors (Lipinski definition) is 3. The monoisotopic (exact) mass is 1550 g/mol. The average Bonchev–Trinajstić information content (AvgIpc) is 0.902.